The quantitative estimate of drug-likeness (QED) is 0.778. The lowest BCUT2D eigenvalue weighted by Crippen LogP contribution is -2.37. The van der Waals surface area contributed by atoms with Gasteiger partial charge in [-0.25, -0.2) is 13.6 Å². The van der Waals surface area contributed by atoms with Crippen molar-refractivity contribution in [3.8, 4) is 11.5 Å². The zero-order valence-corrected chi connectivity index (χ0v) is 13.2. The van der Waals surface area contributed by atoms with Gasteiger partial charge in [0.05, 0.1) is 13.7 Å². The molecule has 0 spiro atoms. The summed E-state index contributed by atoms with van der Waals surface area (Å²) in [5, 5.41) is 11.8. The number of carbonyl (C=O) groups is 2. The van der Waals surface area contributed by atoms with Crippen molar-refractivity contribution in [1.29, 1.82) is 0 Å². The van der Waals surface area contributed by atoms with Gasteiger partial charge < -0.3 is 19.9 Å². The van der Waals surface area contributed by atoms with Crippen molar-refractivity contribution >= 4 is 11.9 Å². The van der Waals surface area contributed by atoms with E-state index in [0.717, 1.165) is 19.2 Å². The Morgan fingerprint density at radius 2 is 1.72 bits per heavy atom. The number of halogens is 2. The Morgan fingerprint density at radius 1 is 1.08 bits per heavy atom. The van der Waals surface area contributed by atoms with E-state index in [1.54, 1.807) is 0 Å². The van der Waals surface area contributed by atoms with E-state index in [0.29, 0.717) is 5.75 Å². The molecule has 0 bridgehead atoms. The first-order valence-electron chi connectivity index (χ1n) is 7.17. The molecule has 0 saturated heterocycles. The highest BCUT2D eigenvalue weighted by molar-refractivity contribution is 5.94. The van der Waals surface area contributed by atoms with Crippen molar-refractivity contribution < 1.29 is 33.0 Å². The number of aliphatic hydroxyl groups excluding tert-OH is 1. The number of hydrogen-bond donors (Lipinski definition) is 2. The van der Waals surface area contributed by atoms with E-state index in [2.05, 4.69) is 10.1 Å². The van der Waals surface area contributed by atoms with E-state index in [4.69, 9.17) is 4.74 Å². The third-order valence-electron chi connectivity index (χ3n) is 3.17. The van der Waals surface area contributed by atoms with Crippen molar-refractivity contribution in [3.63, 3.8) is 0 Å². The van der Waals surface area contributed by atoms with Gasteiger partial charge in [0.25, 0.3) is 5.91 Å². The third kappa shape index (κ3) is 4.98. The summed E-state index contributed by atoms with van der Waals surface area (Å²) in [5.74, 6) is -2.95. The van der Waals surface area contributed by atoms with Crippen LogP contribution in [-0.2, 0) is 9.53 Å². The maximum atomic E-state index is 13.1. The highest BCUT2D eigenvalue weighted by atomic mass is 19.2. The molecule has 0 saturated carbocycles. The summed E-state index contributed by atoms with van der Waals surface area (Å²) in [4.78, 5) is 22.9. The molecule has 2 N–H and O–H groups in total. The van der Waals surface area contributed by atoms with Crippen molar-refractivity contribution in [2.24, 2.45) is 0 Å². The molecule has 0 aliphatic heterocycles. The standard InChI is InChI=1S/C17H15F2NO5/c1-24-17(23)15(21)9-20-16(22)10-2-4-11(5-3-10)25-12-6-7-13(18)14(19)8-12/h2-8,15,21H,9H2,1H3,(H,20,22)/t15-/m0/s1. The maximum Gasteiger partial charge on any atom is 0.336 e. The van der Waals surface area contributed by atoms with E-state index in [-0.39, 0.29) is 17.9 Å². The molecule has 8 heteroatoms. The fourth-order valence-electron chi connectivity index (χ4n) is 1.86. The monoisotopic (exact) mass is 351 g/mol. The van der Waals surface area contributed by atoms with Crippen LogP contribution in [-0.4, -0.2) is 36.7 Å². The van der Waals surface area contributed by atoms with Crippen LogP contribution in [0.5, 0.6) is 11.5 Å². The van der Waals surface area contributed by atoms with Gasteiger partial charge in [-0.05, 0) is 36.4 Å². The van der Waals surface area contributed by atoms with Gasteiger partial charge in [-0.1, -0.05) is 0 Å². The van der Waals surface area contributed by atoms with Gasteiger partial charge in [0.1, 0.15) is 11.5 Å². The second-order valence-corrected chi connectivity index (χ2v) is 4.95. The number of rotatable bonds is 6. The molecule has 1 atom stereocenters. The van der Waals surface area contributed by atoms with Crippen molar-refractivity contribution in [2.75, 3.05) is 13.7 Å². The molecule has 0 fully saturated rings. The number of aliphatic hydroxyl groups is 1. The molecule has 132 valence electrons. The predicted octanol–water partition coefficient (Wildman–Crippen LogP) is 2.02. The molecule has 25 heavy (non-hydrogen) atoms. The molecular formula is C17H15F2NO5. The molecule has 0 aliphatic rings. The van der Waals surface area contributed by atoms with Crippen LogP contribution in [0.2, 0.25) is 0 Å². The summed E-state index contributed by atoms with van der Waals surface area (Å²) >= 11 is 0. The molecule has 0 unspecified atom stereocenters. The van der Waals surface area contributed by atoms with Crippen LogP contribution < -0.4 is 10.1 Å². The molecule has 0 aromatic heterocycles. The summed E-state index contributed by atoms with van der Waals surface area (Å²) in [6, 6.07) is 8.93. The van der Waals surface area contributed by atoms with E-state index in [9.17, 15) is 23.5 Å². The SMILES string of the molecule is COC(=O)[C@@H](O)CNC(=O)c1ccc(Oc2ccc(F)c(F)c2)cc1. The van der Waals surface area contributed by atoms with Crippen LogP contribution in [0.4, 0.5) is 8.78 Å². The van der Waals surface area contributed by atoms with E-state index >= 15 is 0 Å². The van der Waals surface area contributed by atoms with Gasteiger partial charge in [0.15, 0.2) is 17.7 Å². The van der Waals surface area contributed by atoms with Crippen molar-refractivity contribution in [3.05, 3.63) is 59.7 Å². The Balaban J connectivity index is 1.95. The largest absolute Gasteiger partial charge is 0.467 e. The average Bonchev–Trinajstić information content (AvgIpc) is 2.62. The molecule has 0 radical (unpaired) electrons. The molecule has 1 amide bonds. The Kier molecular flexibility index (Phi) is 6.02. The lowest BCUT2D eigenvalue weighted by atomic mass is 10.2. The first kappa shape index (κ1) is 18.3. The fraction of sp³-hybridized carbons (Fsp3) is 0.176. The molecule has 2 aromatic rings. The first-order valence-corrected chi connectivity index (χ1v) is 7.17. The second-order valence-electron chi connectivity index (χ2n) is 4.95. The number of benzene rings is 2. The van der Waals surface area contributed by atoms with E-state index in [1.165, 1.54) is 30.3 Å². The molecule has 0 heterocycles. The summed E-state index contributed by atoms with van der Waals surface area (Å²) in [6.45, 7) is -0.293. The highest BCUT2D eigenvalue weighted by Crippen LogP contribution is 2.23. The summed E-state index contributed by atoms with van der Waals surface area (Å²) < 4.78 is 35.7. The lowest BCUT2D eigenvalue weighted by Gasteiger charge is -2.10. The van der Waals surface area contributed by atoms with Crippen molar-refractivity contribution in [1.82, 2.24) is 5.32 Å². The minimum atomic E-state index is -1.45. The van der Waals surface area contributed by atoms with Gasteiger partial charge in [0.2, 0.25) is 0 Å². The molecule has 2 rings (SSSR count). The van der Waals surface area contributed by atoms with Gasteiger partial charge >= 0.3 is 5.97 Å². The van der Waals surface area contributed by atoms with Gasteiger partial charge in [0, 0.05) is 11.6 Å². The summed E-state index contributed by atoms with van der Waals surface area (Å²) in [6.07, 6.45) is -1.45. The number of esters is 1. The number of methoxy groups -OCH3 is 1. The number of carbonyl (C=O) groups excluding carboxylic acids is 2. The number of hydrogen-bond acceptors (Lipinski definition) is 5. The van der Waals surface area contributed by atoms with Gasteiger partial charge in [-0.3, -0.25) is 4.79 Å². The molecule has 6 nitrogen and oxygen atoms in total. The van der Waals surface area contributed by atoms with Crippen LogP contribution in [0.3, 0.4) is 0 Å². The Bertz CT molecular complexity index is 764. The molecule has 0 aliphatic carbocycles. The average molecular weight is 351 g/mol. The fourth-order valence-corrected chi connectivity index (χ4v) is 1.86. The Hall–Kier alpha value is -3.00. The van der Waals surface area contributed by atoms with Crippen molar-refractivity contribution in [2.45, 2.75) is 6.10 Å². The molecule has 2 aromatic carbocycles. The zero-order chi connectivity index (χ0) is 18.4. The van der Waals surface area contributed by atoms with Crippen LogP contribution in [0.1, 0.15) is 10.4 Å². The van der Waals surface area contributed by atoms with Crippen LogP contribution in [0, 0.1) is 11.6 Å². The number of ether oxygens (including phenoxy) is 2. The smallest absolute Gasteiger partial charge is 0.336 e. The topological polar surface area (TPSA) is 84.9 Å². The number of nitrogens with one attached hydrogen (secondary N) is 1. The van der Waals surface area contributed by atoms with Crippen LogP contribution in [0.25, 0.3) is 0 Å². The van der Waals surface area contributed by atoms with E-state index < -0.39 is 29.6 Å². The summed E-state index contributed by atoms with van der Waals surface area (Å²) in [7, 11) is 1.12. The Labute approximate surface area is 142 Å². The minimum Gasteiger partial charge on any atom is -0.467 e. The van der Waals surface area contributed by atoms with Crippen LogP contribution >= 0.6 is 0 Å². The summed E-state index contributed by atoms with van der Waals surface area (Å²) in [5.41, 5.74) is 0.259. The minimum absolute atomic E-state index is 0.109. The third-order valence-corrected chi connectivity index (χ3v) is 3.17. The lowest BCUT2D eigenvalue weighted by molar-refractivity contribution is -0.149. The highest BCUT2D eigenvalue weighted by Gasteiger charge is 2.16. The second kappa shape index (κ2) is 8.20. The normalized spacial score (nSPS) is 11.5. The van der Waals surface area contributed by atoms with Gasteiger partial charge in [-0.15, -0.1) is 0 Å². The molecular weight excluding hydrogens is 336 g/mol. The number of amides is 1. The zero-order valence-electron chi connectivity index (χ0n) is 13.2. The van der Waals surface area contributed by atoms with E-state index in [1.807, 2.05) is 0 Å². The first-order chi connectivity index (χ1) is 11.9. The Morgan fingerprint density at radius 3 is 2.32 bits per heavy atom. The maximum absolute atomic E-state index is 13.1. The van der Waals surface area contributed by atoms with Gasteiger partial charge in [-0.2, -0.15) is 0 Å². The van der Waals surface area contributed by atoms with Crippen LogP contribution in [0.15, 0.2) is 42.5 Å². The predicted molar refractivity (Wildman–Crippen MR) is 83.2 cm³/mol.